The monoisotopic (exact) mass is 289 g/mol. The Morgan fingerprint density at radius 3 is 2.70 bits per heavy atom. The van der Waals surface area contributed by atoms with Crippen LogP contribution in [-0.4, -0.2) is 15.0 Å². The summed E-state index contributed by atoms with van der Waals surface area (Å²) in [6, 6.07) is 1.76. The number of H-pyrrole nitrogens is 1. The lowest BCUT2D eigenvalue weighted by Gasteiger charge is -1.98. The number of hydrogen-bond acceptors (Lipinski definition) is 2. The van der Waals surface area contributed by atoms with E-state index in [4.69, 9.17) is 11.6 Å². The zero-order valence-corrected chi connectivity index (χ0v) is 10.7. The molecule has 0 bridgehead atoms. The predicted molar refractivity (Wildman–Crippen MR) is 71.2 cm³/mol. The first kappa shape index (κ1) is 12.6. The smallest absolute Gasteiger partial charge is 0.157 e. The summed E-state index contributed by atoms with van der Waals surface area (Å²) in [5, 5.41) is -0.0686. The summed E-state index contributed by atoms with van der Waals surface area (Å²) in [6.07, 6.45) is 4.70. The zero-order valence-electron chi connectivity index (χ0n) is 9.92. The van der Waals surface area contributed by atoms with Crippen molar-refractivity contribution in [2.45, 2.75) is 0 Å². The third kappa shape index (κ3) is 2.22. The van der Waals surface area contributed by atoms with Crippen molar-refractivity contribution in [2.75, 3.05) is 0 Å². The van der Waals surface area contributed by atoms with Crippen LogP contribution in [0.3, 0.4) is 0 Å². The van der Waals surface area contributed by atoms with E-state index in [-0.39, 0.29) is 10.6 Å². The van der Waals surface area contributed by atoms with Crippen LogP contribution in [0.5, 0.6) is 0 Å². The maximum Gasteiger partial charge on any atom is 0.157 e. The van der Waals surface area contributed by atoms with Gasteiger partial charge in [-0.2, -0.15) is 0 Å². The highest BCUT2D eigenvalue weighted by atomic mass is 35.5. The summed E-state index contributed by atoms with van der Waals surface area (Å²) < 4.78 is 26.5. The molecule has 3 aromatic rings. The highest BCUT2D eigenvalue weighted by Crippen LogP contribution is 2.20. The summed E-state index contributed by atoms with van der Waals surface area (Å²) in [5.41, 5.74) is 1.68. The molecule has 98 valence electrons. The van der Waals surface area contributed by atoms with Gasteiger partial charge in [-0.05, 0) is 6.07 Å². The Bertz CT molecular complexity index is 838. The van der Waals surface area contributed by atoms with Crippen LogP contribution in [-0.2, 0) is 0 Å². The molecule has 0 aliphatic heterocycles. The first-order valence-corrected chi connectivity index (χ1v) is 5.97. The van der Waals surface area contributed by atoms with E-state index in [0.717, 1.165) is 12.1 Å². The number of rotatable bonds is 0. The molecule has 0 saturated carbocycles. The molecule has 3 nitrogen and oxygen atoms in total. The Hall–Kier alpha value is -2.45. The van der Waals surface area contributed by atoms with E-state index in [0.29, 0.717) is 16.7 Å². The fourth-order valence-electron chi connectivity index (χ4n) is 1.74. The Balaban J connectivity index is 2.09. The van der Waals surface area contributed by atoms with Crippen molar-refractivity contribution in [3.05, 3.63) is 58.5 Å². The van der Waals surface area contributed by atoms with Crippen LogP contribution in [0.2, 0.25) is 5.02 Å². The van der Waals surface area contributed by atoms with Crippen molar-refractivity contribution in [1.82, 2.24) is 15.0 Å². The van der Waals surface area contributed by atoms with E-state index in [1.807, 2.05) is 0 Å². The van der Waals surface area contributed by atoms with Crippen LogP contribution >= 0.6 is 11.6 Å². The summed E-state index contributed by atoms with van der Waals surface area (Å²) in [4.78, 5) is 11.1. The van der Waals surface area contributed by atoms with Crippen molar-refractivity contribution in [1.29, 1.82) is 0 Å². The van der Waals surface area contributed by atoms with Gasteiger partial charge in [0.2, 0.25) is 0 Å². The molecule has 0 fully saturated rings. The zero-order chi connectivity index (χ0) is 14.1. The van der Waals surface area contributed by atoms with Gasteiger partial charge in [-0.25, -0.2) is 18.7 Å². The second-order valence-electron chi connectivity index (χ2n) is 3.95. The van der Waals surface area contributed by atoms with Crippen LogP contribution in [0.15, 0.2) is 30.7 Å². The highest BCUT2D eigenvalue weighted by Gasteiger charge is 2.08. The quantitative estimate of drug-likeness (QED) is 0.645. The second-order valence-corrected chi connectivity index (χ2v) is 4.36. The average Bonchev–Trinajstić information content (AvgIpc) is 2.81. The molecule has 0 atom stereocenters. The molecule has 2 heterocycles. The van der Waals surface area contributed by atoms with Gasteiger partial charge in [0, 0.05) is 24.7 Å². The topological polar surface area (TPSA) is 41.6 Å². The van der Waals surface area contributed by atoms with Crippen LogP contribution in [0.25, 0.3) is 11.2 Å². The van der Waals surface area contributed by atoms with E-state index >= 15 is 0 Å². The van der Waals surface area contributed by atoms with Gasteiger partial charge in [-0.15, -0.1) is 0 Å². The van der Waals surface area contributed by atoms with Gasteiger partial charge in [0.15, 0.2) is 5.65 Å². The molecule has 0 unspecified atom stereocenters. The lowest BCUT2D eigenvalue weighted by Crippen LogP contribution is -1.88. The van der Waals surface area contributed by atoms with E-state index in [2.05, 4.69) is 26.8 Å². The van der Waals surface area contributed by atoms with Crippen molar-refractivity contribution < 1.29 is 8.78 Å². The minimum Gasteiger partial charge on any atom is -0.344 e. The molecule has 6 heteroatoms. The molecule has 0 aliphatic rings. The number of nitrogens with one attached hydrogen (secondary N) is 1. The van der Waals surface area contributed by atoms with Crippen molar-refractivity contribution in [3.8, 4) is 11.8 Å². The van der Waals surface area contributed by atoms with Gasteiger partial charge in [-0.3, -0.25) is 0 Å². The fourth-order valence-corrected chi connectivity index (χ4v) is 1.98. The SMILES string of the molecule is Fc1cc(F)c(C#Cc2c[nH]c3nccnc23)c(Cl)c1. The van der Waals surface area contributed by atoms with Gasteiger partial charge >= 0.3 is 0 Å². The van der Waals surface area contributed by atoms with Crippen LogP contribution in [0.4, 0.5) is 8.78 Å². The number of aromatic nitrogens is 3. The number of nitrogens with zero attached hydrogens (tertiary/aromatic N) is 2. The Morgan fingerprint density at radius 2 is 1.90 bits per heavy atom. The Morgan fingerprint density at radius 1 is 1.10 bits per heavy atom. The van der Waals surface area contributed by atoms with Gasteiger partial charge in [0.1, 0.15) is 17.2 Å². The Kier molecular flexibility index (Phi) is 3.09. The van der Waals surface area contributed by atoms with Crippen molar-refractivity contribution >= 4 is 22.8 Å². The molecule has 0 radical (unpaired) electrons. The summed E-state index contributed by atoms with van der Waals surface area (Å²) in [5.74, 6) is 3.81. The standard InChI is InChI=1S/C14H6ClF2N3/c15-11-5-9(16)6-12(17)10(11)2-1-8-7-20-14-13(8)18-3-4-19-14/h3-7H,(H,19,20). The molecule has 0 saturated heterocycles. The molecular formula is C14H6ClF2N3. The predicted octanol–water partition coefficient (Wildman–Crippen LogP) is 3.29. The number of halogens is 3. The number of aromatic amines is 1. The van der Waals surface area contributed by atoms with Gasteiger partial charge in [0.25, 0.3) is 0 Å². The maximum absolute atomic E-state index is 13.6. The summed E-state index contributed by atoms with van der Waals surface area (Å²) in [7, 11) is 0. The first-order valence-electron chi connectivity index (χ1n) is 5.60. The number of fused-ring (bicyclic) bond motifs is 1. The van der Waals surface area contributed by atoms with Crippen LogP contribution < -0.4 is 0 Å². The van der Waals surface area contributed by atoms with Gasteiger partial charge in [-0.1, -0.05) is 23.4 Å². The minimum atomic E-state index is -0.798. The largest absolute Gasteiger partial charge is 0.344 e. The molecular weight excluding hydrogens is 284 g/mol. The average molecular weight is 290 g/mol. The van der Waals surface area contributed by atoms with Crippen molar-refractivity contribution in [2.24, 2.45) is 0 Å². The molecule has 0 amide bonds. The van der Waals surface area contributed by atoms with Crippen molar-refractivity contribution in [3.63, 3.8) is 0 Å². The van der Waals surface area contributed by atoms with E-state index in [1.165, 1.54) is 6.20 Å². The molecule has 1 N–H and O–H groups in total. The molecule has 3 rings (SSSR count). The molecule has 0 aliphatic carbocycles. The lowest BCUT2D eigenvalue weighted by molar-refractivity contribution is 0.581. The summed E-state index contributed by atoms with van der Waals surface area (Å²) in [6.45, 7) is 0. The summed E-state index contributed by atoms with van der Waals surface area (Å²) >= 11 is 5.77. The van der Waals surface area contributed by atoms with E-state index in [1.54, 1.807) is 12.4 Å². The van der Waals surface area contributed by atoms with Crippen LogP contribution in [0, 0.1) is 23.5 Å². The maximum atomic E-state index is 13.6. The first-order chi connectivity index (χ1) is 9.65. The Labute approximate surface area is 117 Å². The molecule has 0 spiro atoms. The lowest BCUT2D eigenvalue weighted by atomic mass is 10.2. The number of benzene rings is 1. The molecule has 2 aromatic heterocycles. The third-order valence-electron chi connectivity index (χ3n) is 2.64. The molecule has 20 heavy (non-hydrogen) atoms. The second kappa shape index (κ2) is 4.91. The highest BCUT2D eigenvalue weighted by molar-refractivity contribution is 6.31. The fraction of sp³-hybridized carbons (Fsp3) is 0. The third-order valence-corrected chi connectivity index (χ3v) is 2.93. The van der Waals surface area contributed by atoms with E-state index < -0.39 is 11.6 Å². The van der Waals surface area contributed by atoms with Gasteiger partial charge < -0.3 is 4.98 Å². The number of hydrogen-bond donors (Lipinski definition) is 1. The minimum absolute atomic E-state index is 0.0497. The normalized spacial score (nSPS) is 10.3. The van der Waals surface area contributed by atoms with E-state index in [9.17, 15) is 8.78 Å². The van der Waals surface area contributed by atoms with Gasteiger partial charge in [0.05, 0.1) is 16.1 Å². The molecule has 1 aromatic carbocycles. The van der Waals surface area contributed by atoms with Crippen LogP contribution in [0.1, 0.15) is 11.1 Å².